The van der Waals surface area contributed by atoms with Crippen molar-refractivity contribution in [3.05, 3.63) is 83.4 Å². The molecule has 2 atom stereocenters. The van der Waals surface area contributed by atoms with E-state index < -0.39 is 11.6 Å². The highest BCUT2D eigenvalue weighted by molar-refractivity contribution is 5.66. The molecule has 3 aromatic rings. The van der Waals surface area contributed by atoms with Crippen LogP contribution in [0.1, 0.15) is 56.8 Å². The lowest BCUT2D eigenvalue weighted by Gasteiger charge is -2.14. The van der Waals surface area contributed by atoms with Crippen molar-refractivity contribution < 1.29 is 23.0 Å². The fourth-order valence-electron chi connectivity index (χ4n) is 4.23. The Morgan fingerprint density at radius 2 is 1.61 bits per heavy atom. The Kier molecular flexibility index (Phi) is 7.61. The highest BCUT2D eigenvalue weighted by atomic mass is 19.2. The highest BCUT2D eigenvalue weighted by Crippen LogP contribution is 2.35. The van der Waals surface area contributed by atoms with Gasteiger partial charge < -0.3 is 14.2 Å². The molecule has 0 N–H and O–H groups in total. The Morgan fingerprint density at radius 3 is 2.30 bits per heavy atom. The first-order valence-corrected chi connectivity index (χ1v) is 11.7. The van der Waals surface area contributed by atoms with E-state index in [0.717, 1.165) is 31.2 Å². The van der Waals surface area contributed by atoms with Crippen LogP contribution in [-0.2, 0) is 11.3 Å². The average Bonchev–Trinajstić information content (AvgIpc) is 3.31. The van der Waals surface area contributed by atoms with Crippen molar-refractivity contribution in [3.63, 3.8) is 0 Å². The van der Waals surface area contributed by atoms with Gasteiger partial charge in [0.15, 0.2) is 11.6 Å². The second-order valence-electron chi connectivity index (χ2n) is 8.34. The van der Waals surface area contributed by atoms with E-state index in [1.807, 2.05) is 0 Å². The predicted octanol–water partition coefficient (Wildman–Crippen LogP) is 7.63. The van der Waals surface area contributed by atoms with Crippen LogP contribution >= 0.6 is 0 Å². The number of benzene rings is 3. The molecule has 0 bridgehead atoms. The van der Waals surface area contributed by atoms with Crippen LogP contribution in [0, 0.1) is 11.6 Å². The third-order valence-corrected chi connectivity index (χ3v) is 5.99. The van der Waals surface area contributed by atoms with Crippen molar-refractivity contribution in [1.82, 2.24) is 0 Å². The summed E-state index contributed by atoms with van der Waals surface area (Å²) in [5, 5.41) is 0. The molecule has 1 fully saturated rings. The summed E-state index contributed by atoms with van der Waals surface area (Å²) in [5.74, 6) is -1.30. The molecule has 1 aliphatic rings. The smallest absolute Gasteiger partial charge is 0.201 e. The fraction of sp³-hybridized carbons (Fsp3) is 0.357. The number of rotatable bonds is 9. The van der Waals surface area contributed by atoms with Crippen molar-refractivity contribution in [2.75, 3.05) is 6.61 Å². The van der Waals surface area contributed by atoms with E-state index in [-0.39, 0.29) is 24.0 Å². The van der Waals surface area contributed by atoms with Crippen molar-refractivity contribution in [1.29, 1.82) is 0 Å². The Hall–Kier alpha value is -2.92. The van der Waals surface area contributed by atoms with Crippen LogP contribution in [0.5, 0.6) is 11.5 Å². The lowest BCUT2D eigenvalue weighted by molar-refractivity contribution is 0.0396. The first-order valence-electron chi connectivity index (χ1n) is 11.7. The average molecular weight is 453 g/mol. The Morgan fingerprint density at radius 1 is 0.848 bits per heavy atom. The van der Waals surface area contributed by atoms with Gasteiger partial charge in [-0.1, -0.05) is 49.7 Å². The molecular formula is C28H30F2O3. The third-order valence-electron chi connectivity index (χ3n) is 5.99. The molecule has 2 unspecified atom stereocenters. The zero-order valence-corrected chi connectivity index (χ0v) is 19.2. The molecule has 174 valence electrons. The molecule has 0 saturated carbocycles. The van der Waals surface area contributed by atoms with Crippen LogP contribution in [0.4, 0.5) is 8.78 Å². The summed E-state index contributed by atoms with van der Waals surface area (Å²) in [5.41, 5.74) is 3.04. The van der Waals surface area contributed by atoms with Gasteiger partial charge in [-0.05, 0) is 67.1 Å². The maximum Gasteiger partial charge on any atom is 0.201 e. The maximum absolute atomic E-state index is 14.5. The van der Waals surface area contributed by atoms with Crippen LogP contribution in [0.25, 0.3) is 11.1 Å². The van der Waals surface area contributed by atoms with Crippen LogP contribution in [0.2, 0.25) is 0 Å². The quantitative estimate of drug-likeness (QED) is 0.334. The Balaban J connectivity index is 1.35. The summed E-state index contributed by atoms with van der Waals surface area (Å²) in [7, 11) is 0. The van der Waals surface area contributed by atoms with Gasteiger partial charge in [-0.2, -0.15) is 4.39 Å². The minimum atomic E-state index is -0.970. The molecule has 33 heavy (non-hydrogen) atoms. The van der Waals surface area contributed by atoms with Crippen LogP contribution in [0.15, 0.2) is 60.7 Å². The van der Waals surface area contributed by atoms with E-state index in [9.17, 15) is 8.78 Å². The van der Waals surface area contributed by atoms with Gasteiger partial charge in [0.2, 0.25) is 5.82 Å². The standard InChI is InChI=1S/C28H30F2O3/c1-3-5-23-14-16-25(33-23)21-8-6-19(7-9-21)18-32-22-12-10-20(11-13-22)24-15-17-26(31-4-2)28(30)27(24)29/h6-13,15,17,23,25H,3-5,14,16,18H2,1-2H3. The van der Waals surface area contributed by atoms with Gasteiger partial charge in [-0.25, -0.2) is 4.39 Å². The molecule has 3 aromatic carbocycles. The summed E-state index contributed by atoms with van der Waals surface area (Å²) < 4.78 is 45.8. The molecule has 0 spiro atoms. The summed E-state index contributed by atoms with van der Waals surface area (Å²) in [6, 6.07) is 18.3. The van der Waals surface area contributed by atoms with E-state index in [2.05, 4.69) is 31.2 Å². The largest absolute Gasteiger partial charge is 0.491 e. The summed E-state index contributed by atoms with van der Waals surface area (Å²) >= 11 is 0. The number of halogens is 2. The molecule has 5 heteroatoms. The van der Waals surface area contributed by atoms with Gasteiger partial charge in [0.1, 0.15) is 12.4 Å². The first-order chi connectivity index (χ1) is 16.1. The lowest BCUT2D eigenvalue weighted by atomic mass is 10.0. The van der Waals surface area contributed by atoms with Gasteiger partial charge >= 0.3 is 0 Å². The zero-order chi connectivity index (χ0) is 23.2. The third kappa shape index (κ3) is 5.53. The van der Waals surface area contributed by atoms with Gasteiger partial charge in [-0.15, -0.1) is 0 Å². The molecule has 3 nitrogen and oxygen atoms in total. The number of hydrogen-bond donors (Lipinski definition) is 0. The second-order valence-corrected chi connectivity index (χ2v) is 8.34. The van der Waals surface area contributed by atoms with E-state index >= 15 is 0 Å². The van der Waals surface area contributed by atoms with Crippen LogP contribution < -0.4 is 9.47 Å². The molecule has 0 aromatic heterocycles. The minimum Gasteiger partial charge on any atom is -0.491 e. The molecule has 1 aliphatic heterocycles. The SMILES string of the molecule is CCCC1CCC(c2ccc(COc3ccc(-c4ccc(OCC)c(F)c4F)cc3)cc2)O1. The normalized spacial score (nSPS) is 17.8. The molecular weight excluding hydrogens is 422 g/mol. The summed E-state index contributed by atoms with van der Waals surface area (Å²) in [6.45, 7) is 4.62. The van der Waals surface area contributed by atoms with Crippen LogP contribution in [-0.4, -0.2) is 12.7 Å². The Labute approximate surface area is 194 Å². The van der Waals surface area contributed by atoms with Crippen molar-refractivity contribution in [3.8, 4) is 22.6 Å². The Bertz CT molecular complexity index is 1050. The molecule has 0 amide bonds. The molecule has 4 rings (SSSR count). The molecule has 0 radical (unpaired) electrons. The van der Waals surface area contributed by atoms with Crippen molar-refractivity contribution in [2.24, 2.45) is 0 Å². The van der Waals surface area contributed by atoms with Gasteiger partial charge in [0.05, 0.1) is 18.8 Å². The van der Waals surface area contributed by atoms with E-state index in [4.69, 9.17) is 14.2 Å². The second kappa shape index (κ2) is 10.8. The van der Waals surface area contributed by atoms with E-state index in [1.54, 1.807) is 31.2 Å². The topological polar surface area (TPSA) is 27.7 Å². The van der Waals surface area contributed by atoms with Gasteiger partial charge in [0, 0.05) is 5.56 Å². The maximum atomic E-state index is 14.5. The van der Waals surface area contributed by atoms with Crippen molar-refractivity contribution in [2.45, 2.75) is 58.3 Å². The summed E-state index contributed by atoms with van der Waals surface area (Å²) in [6.07, 6.45) is 5.07. The molecule has 1 heterocycles. The van der Waals surface area contributed by atoms with Crippen molar-refractivity contribution >= 4 is 0 Å². The zero-order valence-electron chi connectivity index (χ0n) is 19.2. The van der Waals surface area contributed by atoms with Gasteiger partial charge in [0.25, 0.3) is 0 Å². The fourth-order valence-corrected chi connectivity index (χ4v) is 4.23. The number of hydrogen-bond acceptors (Lipinski definition) is 3. The first kappa shape index (κ1) is 23.2. The molecule has 0 aliphatic carbocycles. The molecule has 1 saturated heterocycles. The van der Waals surface area contributed by atoms with Crippen LogP contribution in [0.3, 0.4) is 0 Å². The highest BCUT2D eigenvalue weighted by Gasteiger charge is 2.25. The lowest BCUT2D eigenvalue weighted by Crippen LogP contribution is -2.05. The minimum absolute atomic E-state index is 0.0787. The van der Waals surface area contributed by atoms with Gasteiger partial charge in [-0.3, -0.25) is 0 Å². The van der Waals surface area contributed by atoms with E-state index in [1.165, 1.54) is 17.7 Å². The summed E-state index contributed by atoms with van der Waals surface area (Å²) in [4.78, 5) is 0. The predicted molar refractivity (Wildman–Crippen MR) is 125 cm³/mol. The van der Waals surface area contributed by atoms with E-state index in [0.29, 0.717) is 24.0 Å². The monoisotopic (exact) mass is 452 g/mol. The number of ether oxygens (including phenoxy) is 3.